The molecular formula is C15H19N3O2S2. The van der Waals surface area contributed by atoms with Crippen molar-refractivity contribution in [2.24, 2.45) is 0 Å². The fourth-order valence-corrected chi connectivity index (χ4v) is 4.05. The van der Waals surface area contributed by atoms with Gasteiger partial charge in [-0.05, 0) is 23.6 Å². The predicted molar refractivity (Wildman–Crippen MR) is 91.7 cm³/mol. The van der Waals surface area contributed by atoms with Gasteiger partial charge in [0.25, 0.3) is 0 Å². The number of hydrogen-bond donors (Lipinski definition) is 2. The maximum Gasteiger partial charge on any atom is 0.319 e. The molecule has 0 bridgehead atoms. The number of nitrogens with zero attached hydrogens (tertiary/aromatic N) is 1. The number of carbonyl (C=O) groups is 1. The highest BCUT2D eigenvalue weighted by atomic mass is 32.2. The summed E-state index contributed by atoms with van der Waals surface area (Å²) in [5.41, 5.74) is 1.11. The van der Waals surface area contributed by atoms with E-state index in [1.54, 1.807) is 12.5 Å². The highest BCUT2D eigenvalue weighted by Gasteiger charge is 2.23. The van der Waals surface area contributed by atoms with Crippen LogP contribution in [0.1, 0.15) is 11.6 Å². The summed E-state index contributed by atoms with van der Waals surface area (Å²) in [5, 5.41) is 8.61. The topological polar surface area (TPSA) is 57.5 Å². The van der Waals surface area contributed by atoms with Gasteiger partial charge in [0, 0.05) is 36.7 Å². The number of carbonyl (C=O) groups excluding carboxylic acids is 1. The summed E-state index contributed by atoms with van der Waals surface area (Å²) in [4.78, 5) is 14.4. The molecule has 0 spiro atoms. The van der Waals surface area contributed by atoms with Gasteiger partial charge in [0.05, 0.1) is 23.6 Å². The molecule has 3 heterocycles. The molecule has 118 valence electrons. The van der Waals surface area contributed by atoms with E-state index in [0.717, 1.165) is 35.2 Å². The van der Waals surface area contributed by atoms with E-state index in [1.165, 1.54) is 11.3 Å². The van der Waals surface area contributed by atoms with Gasteiger partial charge in [-0.3, -0.25) is 10.2 Å². The minimum atomic E-state index is -0.165. The fourth-order valence-electron chi connectivity index (χ4n) is 2.51. The van der Waals surface area contributed by atoms with Crippen molar-refractivity contribution in [2.75, 3.05) is 36.5 Å². The molecule has 0 radical (unpaired) electrons. The summed E-state index contributed by atoms with van der Waals surface area (Å²) in [6, 6.07) is 5.78. The Balaban J connectivity index is 1.59. The Morgan fingerprint density at radius 3 is 2.91 bits per heavy atom. The van der Waals surface area contributed by atoms with E-state index < -0.39 is 0 Å². The number of anilines is 1. The molecular weight excluding hydrogens is 318 g/mol. The Labute approximate surface area is 138 Å². The highest BCUT2D eigenvalue weighted by molar-refractivity contribution is 7.99. The monoisotopic (exact) mass is 337 g/mol. The van der Waals surface area contributed by atoms with Gasteiger partial charge in [-0.15, -0.1) is 11.3 Å². The second-order valence-electron chi connectivity index (χ2n) is 5.03. The lowest BCUT2D eigenvalue weighted by atomic mass is 10.1. The van der Waals surface area contributed by atoms with Crippen LogP contribution in [0.4, 0.5) is 9.80 Å². The van der Waals surface area contributed by atoms with Gasteiger partial charge in [-0.1, -0.05) is 0 Å². The fraction of sp³-hybridized carbons (Fsp3) is 0.400. The molecule has 5 nitrogen and oxygen atoms in total. The normalized spacial score (nSPS) is 17.1. The number of hydrogen-bond acceptors (Lipinski definition) is 5. The first-order valence-corrected chi connectivity index (χ1v) is 9.28. The van der Waals surface area contributed by atoms with E-state index in [4.69, 9.17) is 4.42 Å². The third kappa shape index (κ3) is 4.06. The number of thiophene rings is 1. The lowest BCUT2D eigenvalue weighted by Gasteiger charge is -2.33. The zero-order chi connectivity index (χ0) is 15.2. The molecule has 1 aliphatic rings. The van der Waals surface area contributed by atoms with Gasteiger partial charge >= 0.3 is 6.03 Å². The van der Waals surface area contributed by atoms with Crippen molar-refractivity contribution in [3.05, 3.63) is 41.7 Å². The Hall–Kier alpha value is -1.44. The van der Waals surface area contributed by atoms with Crippen LogP contribution in [0.3, 0.4) is 0 Å². The third-order valence-electron chi connectivity index (χ3n) is 3.63. The van der Waals surface area contributed by atoms with Crippen LogP contribution < -0.4 is 10.6 Å². The zero-order valence-electron chi connectivity index (χ0n) is 12.2. The quantitative estimate of drug-likeness (QED) is 0.879. The predicted octanol–water partition coefficient (Wildman–Crippen LogP) is 3.25. The molecule has 0 aromatic carbocycles. The summed E-state index contributed by atoms with van der Waals surface area (Å²) < 4.78 is 5.22. The average Bonchev–Trinajstić information content (AvgIpc) is 3.22. The Kier molecular flexibility index (Phi) is 5.42. The lowest BCUT2D eigenvalue weighted by molar-refractivity contribution is 0.208. The van der Waals surface area contributed by atoms with Crippen LogP contribution in [-0.4, -0.2) is 42.1 Å². The van der Waals surface area contributed by atoms with E-state index in [9.17, 15) is 4.79 Å². The van der Waals surface area contributed by atoms with E-state index in [-0.39, 0.29) is 12.1 Å². The maximum atomic E-state index is 12.0. The molecule has 1 fully saturated rings. The summed E-state index contributed by atoms with van der Waals surface area (Å²) in [5.74, 6) is 2.27. The lowest BCUT2D eigenvalue weighted by Crippen LogP contribution is -2.42. The van der Waals surface area contributed by atoms with Crippen LogP contribution in [0.25, 0.3) is 0 Å². The van der Waals surface area contributed by atoms with Crippen molar-refractivity contribution in [2.45, 2.75) is 6.04 Å². The second kappa shape index (κ2) is 7.71. The van der Waals surface area contributed by atoms with Crippen LogP contribution in [0.5, 0.6) is 0 Å². The molecule has 2 aromatic heterocycles. The summed E-state index contributed by atoms with van der Waals surface area (Å²) in [6.07, 6.45) is 3.46. The molecule has 7 heteroatoms. The van der Waals surface area contributed by atoms with E-state index in [1.807, 2.05) is 35.3 Å². The van der Waals surface area contributed by atoms with Crippen molar-refractivity contribution in [3.8, 4) is 0 Å². The molecule has 1 atom stereocenters. The highest BCUT2D eigenvalue weighted by Crippen LogP contribution is 2.24. The number of amides is 2. The van der Waals surface area contributed by atoms with Crippen molar-refractivity contribution in [3.63, 3.8) is 0 Å². The molecule has 3 rings (SSSR count). The van der Waals surface area contributed by atoms with Gasteiger partial charge in [0.1, 0.15) is 0 Å². The van der Waals surface area contributed by atoms with Gasteiger partial charge in [-0.25, -0.2) is 4.79 Å². The van der Waals surface area contributed by atoms with Crippen LogP contribution in [0.2, 0.25) is 0 Å². The largest absolute Gasteiger partial charge is 0.472 e. The van der Waals surface area contributed by atoms with E-state index in [2.05, 4.69) is 15.5 Å². The summed E-state index contributed by atoms with van der Waals surface area (Å²) in [6.45, 7) is 2.64. The Morgan fingerprint density at radius 1 is 1.36 bits per heavy atom. The van der Waals surface area contributed by atoms with Gasteiger partial charge in [0.2, 0.25) is 0 Å². The molecule has 1 saturated heterocycles. The molecule has 2 N–H and O–H groups in total. The number of thioether (sulfide) groups is 1. The number of furan rings is 1. The average molecular weight is 337 g/mol. The summed E-state index contributed by atoms with van der Waals surface area (Å²) in [7, 11) is 0. The molecule has 2 aromatic rings. The third-order valence-corrected chi connectivity index (χ3v) is 5.36. The first-order chi connectivity index (χ1) is 10.8. The van der Waals surface area contributed by atoms with E-state index in [0.29, 0.717) is 6.54 Å². The molecule has 0 unspecified atom stereocenters. The number of urea groups is 1. The maximum absolute atomic E-state index is 12.0. The minimum Gasteiger partial charge on any atom is -0.472 e. The van der Waals surface area contributed by atoms with Crippen molar-refractivity contribution in [1.82, 2.24) is 10.2 Å². The molecule has 2 amide bonds. The van der Waals surface area contributed by atoms with Gasteiger partial charge in [-0.2, -0.15) is 11.8 Å². The first kappa shape index (κ1) is 15.5. The van der Waals surface area contributed by atoms with Crippen LogP contribution in [-0.2, 0) is 0 Å². The smallest absolute Gasteiger partial charge is 0.319 e. The standard InChI is InChI=1S/C15H19N3O2S2/c19-15(17-14-2-1-7-22-14)16-10-13(12-3-6-20-11-12)18-4-8-21-9-5-18/h1-3,6-7,11,13H,4-5,8-10H2,(H2,16,17,19)/t13-/m0/s1. The second-order valence-corrected chi connectivity index (χ2v) is 7.21. The molecule has 1 aliphatic heterocycles. The summed E-state index contributed by atoms with van der Waals surface area (Å²) >= 11 is 3.49. The zero-order valence-corrected chi connectivity index (χ0v) is 13.8. The van der Waals surface area contributed by atoms with Gasteiger partial charge in [0.15, 0.2) is 0 Å². The van der Waals surface area contributed by atoms with Crippen molar-refractivity contribution < 1.29 is 9.21 Å². The Morgan fingerprint density at radius 2 is 2.23 bits per heavy atom. The Bertz CT molecular complexity index is 566. The first-order valence-electron chi connectivity index (χ1n) is 7.25. The van der Waals surface area contributed by atoms with Crippen LogP contribution >= 0.6 is 23.1 Å². The molecule has 22 heavy (non-hydrogen) atoms. The van der Waals surface area contributed by atoms with E-state index >= 15 is 0 Å². The van der Waals surface area contributed by atoms with Gasteiger partial charge < -0.3 is 9.73 Å². The van der Waals surface area contributed by atoms with Crippen LogP contribution in [0.15, 0.2) is 40.5 Å². The molecule has 0 saturated carbocycles. The number of nitrogens with one attached hydrogen (secondary N) is 2. The molecule has 0 aliphatic carbocycles. The SMILES string of the molecule is O=C(NC[C@@H](c1ccoc1)N1CCSCC1)Nc1cccs1. The minimum absolute atomic E-state index is 0.161. The van der Waals surface area contributed by atoms with Crippen molar-refractivity contribution >= 4 is 34.1 Å². The van der Waals surface area contributed by atoms with Crippen molar-refractivity contribution in [1.29, 1.82) is 0 Å². The van der Waals surface area contributed by atoms with Crippen LogP contribution in [0, 0.1) is 0 Å². The number of rotatable bonds is 5.